The minimum absolute atomic E-state index is 0.149. The second kappa shape index (κ2) is 7.22. The van der Waals surface area contributed by atoms with Gasteiger partial charge < -0.3 is 0 Å². The first-order chi connectivity index (χ1) is 13.0. The number of hydrogen-bond donors (Lipinski definition) is 0. The van der Waals surface area contributed by atoms with Gasteiger partial charge in [-0.15, -0.1) is 0 Å². The first-order valence-electron chi connectivity index (χ1n) is 8.59. The summed E-state index contributed by atoms with van der Waals surface area (Å²) in [6.45, 7) is 0. The van der Waals surface area contributed by atoms with Crippen molar-refractivity contribution in [1.29, 1.82) is 0 Å². The number of carbonyl (C=O) groups excluding carboxylic acids is 4. The van der Waals surface area contributed by atoms with Gasteiger partial charge in [0.15, 0.2) is 7.14 Å². The fourth-order valence-electron chi connectivity index (χ4n) is 3.16. The molecule has 0 spiro atoms. The lowest BCUT2D eigenvalue weighted by atomic mass is 10.3. The Morgan fingerprint density at radius 1 is 0.519 bits per heavy atom. The topological polar surface area (TPSA) is 74.8 Å². The van der Waals surface area contributed by atoms with Crippen LogP contribution >= 0.6 is 0 Å². The van der Waals surface area contributed by atoms with Gasteiger partial charge >= 0.3 is 21.2 Å². The molecule has 2 saturated heterocycles. The van der Waals surface area contributed by atoms with Gasteiger partial charge in [-0.25, -0.2) is 0 Å². The Balaban J connectivity index is 1.46. The van der Waals surface area contributed by atoms with Crippen molar-refractivity contribution >= 4 is 35.0 Å². The Morgan fingerprint density at radius 3 is 1.11 bits per heavy atom. The van der Waals surface area contributed by atoms with Crippen LogP contribution < -0.4 is 31.0 Å². The van der Waals surface area contributed by atoms with E-state index in [0.717, 1.165) is 7.14 Å². The number of carbonyl (C=O) groups is 4. The molecule has 2 aromatic rings. The second-order valence-electron chi connectivity index (χ2n) is 6.29. The van der Waals surface area contributed by atoms with E-state index in [4.69, 9.17) is 0 Å². The minimum atomic E-state index is -0.445. The SMILES string of the molecule is O=C1CCC(=O)N1c1ccc([I+]c2ccc(N3C(=O)CCC3=O)cc2)cc1. The summed E-state index contributed by atoms with van der Waals surface area (Å²) in [6, 6.07) is 15.0. The summed E-state index contributed by atoms with van der Waals surface area (Å²) in [4.78, 5) is 49.7. The molecular weight excluding hydrogens is 459 g/mol. The molecule has 4 amide bonds. The van der Waals surface area contributed by atoms with Crippen LogP contribution in [0.25, 0.3) is 0 Å². The molecule has 6 nitrogen and oxygen atoms in total. The number of amides is 4. The molecule has 2 aliphatic rings. The molecule has 2 heterocycles. The predicted octanol–water partition coefficient (Wildman–Crippen LogP) is -0.878. The standard InChI is InChI=1S/C20H16IN2O4/c24-17-9-10-18(25)22(17)15-5-1-13(2-6-15)21-14-3-7-16(8-4-14)23-19(26)11-12-20(23)27/h1-8H,9-12H2/q+1. The first kappa shape index (κ1) is 17.8. The van der Waals surface area contributed by atoms with E-state index in [1.54, 1.807) is 0 Å². The quantitative estimate of drug-likeness (QED) is 0.426. The van der Waals surface area contributed by atoms with E-state index in [-0.39, 0.29) is 49.3 Å². The van der Waals surface area contributed by atoms with Crippen LogP contribution in [0.1, 0.15) is 25.7 Å². The molecule has 0 atom stereocenters. The summed E-state index contributed by atoms with van der Waals surface area (Å²) < 4.78 is 2.30. The number of anilines is 2. The van der Waals surface area contributed by atoms with Crippen molar-refractivity contribution in [2.45, 2.75) is 25.7 Å². The fourth-order valence-corrected chi connectivity index (χ4v) is 5.32. The van der Waals surface area contributed by atoms with Crippen molar-refractivity contribution in [3.8, 4) is 0 Å². The fraction of sp³-hybridized carbons (Fsp3) is 0.200. The van der Waals surface area contributed by atoms with E-state index < -0.39 is 21.2 Å². The predicted molar refractivity (Wildman–Crippen MR) is 93.7 cm³/mol. The summed E-state index contributed by atoms with van der Waals surface area (Å²) in [6.07, 6.45) is 1.12. The molecule has 0 aromatic heterocycles. The lowest BCUT2D eigenvalue weighted by Crippen LogP contribution is -3.61. The second-order valence-corrected chi connectivity index (χ2v) is 9.32. The average Bonchev–Trinajstić information content (AvgIpc) is 3.18. The van der Waals surface area contributed by atoms with E-state index in [1.165, 1.54) is 9.80 Å². The number of imide groups is 2. The van der Waals surface area contributed by atoms with Crippen LogP contribution in [0.5, 0.6) is 0 Å². The van der Waals surface area contributed by atoms with Crippen molar-refractivity contribution in [2.24, 2.45) is 0 Å². The summed E-state index contributed by atoms with van der Waals surface area (Å²) in [5.41, 5.74) is 1.24. The summed E-state index contributed by atoms with van der Waals surface area (Å²) in [5.74, 6) is -0.596. The van der Waals surface area contributed by atoms with Crippen LogP contribution in [0.2, 0.25) is 0 Å². The van der Waals surface area contributed by atoms with E-state index in [1.807, 2.05) is 48.5 Å². The Bertz CT molecular complexity index is 828. The van der Waals surface area contributed by atoms with Crippen molar-refractivity contribution < 1.29 is 40.4 Å². The molecule has 4 rings (SSSR count). The van der Waals surface area contributed by atoms with Crippen LogP contribution in [0, 0.1) is 7.14 Å². The van der Waals surface area contributed by atoms with Crippen LogP contribution in [0.3, 0.4) is 0 Å². The van der Waals surface area contributed by atoms with Gasteiger partial charge in [-0.1, -0.05) is 0 Å². The van der Waals surface area contributed by atoms with Crippen LogP contribution in [0.4, 0.5) is 11.4 Å². The van der Waals surface area contributed by atoms with E-state index in [9.17, 15) is 19.2 Å². The van der Waals surface area contributed by atoms with Crippen LogP contribution in [-0.2, 0) is 19.2 Å². The lowest BCUT2D eigenvalue weighted by molar-refractivity contribution is -0.597. The van der Waals surface area contributed by atoms with E-state index >= 15 is 0 Å². The molecule has 2 fully saturated rings. The smallest absolute Gasteiger partial charge is 0.274 e. The Labute approximate surface area is 166 Å². The van der Waals surface area contributed by atoms with Crippen LogP contribution in [-0.4, -0.2) is 23.6 Å². The normalized spacial score (nSPS) is 17.3. The van der Waals surface area contributed by atoms with Crippen LogP contribution in [0.15, 0.2) is 48.5 Å². The zero-order valence-electron chi connectivity index (χ0n) is 14.4. The average molecular weight is 475 g/mol. The van der Waals surface area contributed by atoms with Gasteiger partial charge in [0.2, 0.25) is 23.6 Å². The van der Waals surface area contributed by atoms with Gasteiger partial charge in [0, 0.05) is 25.7 Å². The van der Waals surface area contributed by atoms with E-state index in [2.05, 4.69) is 0 Å². The third kappa shape index (κ3) is 3.51. The Morgan fingerprint density at radius 2 is 0.815 bits per heavy atom. The van der Waals surface area contributed by atoms with Gasteiger partial charge in [-0.3, -0.25) is 29.0 Å². The van der Waals surface area contributed by atoms with Gasteiger partial charge in [-0.05, 0) is 48.5 Å². The highest BCUT2D eigenvalue weighted by molar-refractivity contribution is 6.20. The molecule has 0 radical (unpaired) electrons. The van der Waals surface area contributed by atoms with Crippen molar-refractivity contribution in [3.05, 3.63) is 55.7 Å². The Kier molecular flexibility index (Phi) is 4.77. The molecule has 7 heteroatoms. The third-order valence-corrected chi connectivity index (χ3v) is 7.17. The molecule has 136 valence electrons. The van der Waals surface area contributed by atoms with Gasteiger partial charge in [0.25, 0.3) is 0 Å². The number of hydrogen-bond acceptors (Lipinski definition) is 4. The van der Waals surface area contributed by atoms with Gasteiger partial charge in [0.1, 0.15) is 0 Å². The van der Waals surface area contributed by atoms with Gasteiger partial charge in [-0.2, -0.15) is 0 Å². The molecule has 2 aromatic carbocycles. The highest BCUT2D eigenvalue weighted by atomic mass is 127. The number of halogens is 1. The molecule has 27 heavy (non-hydrogen) atoms. The van der Waals surface area contributed by atoms with E-state index in [0.29, 0.717) is 11.4 Å². The lowest BCUT2D eigenvalue weighted by Gasteiger charge is -2.13. The highest BCUT2D eigenvalue weighted by Gasteiger charge is 2.31. The maximum atomic E-state index is 11.8. The molecule has 0 saturated carbocycles. The van der Waals surface area contributed by atoms with Crippen molar-refractivity contribution in [2.75, 3.05) is 9.80 Å². The maximum absolute atomic E-state index is 11.8. The first-order valence-corrected chi connectivity index (χ1v) is 10.8. The monoisotopic (exact) mass is 475 g/mol. The molecule has 0 unspecified atom stereocenters. The largest absolute Gasteiger partial charge is 0.357 e. The summed E-state index contributed by atoms with van der Waals surface area (Å²) >= 11 is -0.445. The van der Waals surface area contributed by atoms with Crippen molar-refractivity contribution in [1.82, 2.24) is 0 Å². The Hall–Kier alpha value is -2.55. The molecular formula is C20H16IN2O4+. The zero-order valence-corrected chi connectivity index (χ0v) is 16.5. The summed E-state index contributed by atoms with van der Waals surface area (Å²) in [5, 5.41) is 0. The number of nitrogens with zero attached hydrogens (tertiary/aromatic N) is 2. The zero-order chi connectivity index (χ0) is 19.0. The molecule has 2 aliphatic heterocycles. The van der Waals surface area contributed by atoms with Gasteiger partial charge in [0.05, 0.1) is 11.4 Å². The molecule has 0 bridgehead atoms. The minimum Gasteiger partial charge on any atom is -0.274 e. The molecule has 0 N–H and O–H groups in total. The highest BCUT2D eigenvalue weighted by Crippen LogP contribution is 2.22. The maximum Gasteiger partial charge on any atom is 0.357 e. The van der Waals surface area contributed by atoms with Crippen molar-refractivity contribution in [3.63, 3.8) is 0 Å². The number of benzene rings is 2. The molecule has 0 aliphatic carbocycles. The summed E-state index contributed by atoms with van der Waals surface area (Å²) in [7, 11) is 0. The number of rotatable bonds is 4. The third-order valence-electron chi connectivity index (χ3n) is 4.49.